The van der Waals surface area contributed by atoms with Gasteiger partial charge >= 0.3 is 23.9 Å². The molecule has 3 unspecified atom stereocenters. The number of aliphatic hydroxyl groups is 1. The van der Waals surface area contributed by atoms with E-state index in [0.29, 0.717) is 42.9 Å². The van der Waals surface area contributed by atoms with Crippen LogP contribution in [-0.4, -0.2) is 57.5 Å². The highest BCUT2D eigenvalue weighted by atomic mass is 16.6. The monoisotopic (exact) mass is 634 g/mol. The summed E-state index contributed by atoms with van der Waals surface area (Å²) in [6.45, 7) is 16.1. The van der Waals surface area contributed by atoms with Crippen LogP contribution in [0.1, 0.15) is 132 Å². The molecule has 4 rings (SSSR count). The van der Waals surface area contributed by atoms with Crippen LogP contribution in [0.5, 0.6) is 0 Å². The molecule has 4 saturated carbocycles. The number of carbonyl (C=O) groups is 4. The number of hydrogen-bond donors (Lipinski definition) is 2. The van der Waals surface area contributed by atoms with Gasteiger partial charge in [-0.1, -0.05) is 34.1 Å². The van der Waals surface area contributed by atoms with Gasteiger partial charge in [-0.3, -0.25) is 19.2 Å². The van der Waals surface area contributed by atoms with Crippen molar-refractivity contribution < 1.29 is 43.6 Å². The zero-order chi connectivity index (χ0) is 33.5. The molecular formula is C36H58O9. The fourth-order valence-electron chi connectivity index (χ4n) is 10.6. The number of fused-ring (bicyclic) bond motifs is 5. The Labute approximate surface area is 269 Å². The molecule has 0 bridgehead atoms. The van der Waals surface area contributed by atoms with Gasteiger partial charge in [0.05, 0.1) is 12.8 Å². The summed E-state index contributed by atoms with van der Waals surface area (Å²) in [4.78, 5) is 47.4. The molecule has 0 radical (unpaired) electrons. The highest BCUT2D eigenvalue weighted by molar-refractivity contribution is 5.76. The van der Waals surface area contributed by atoms with E-state index in [9.17, 15) is 24.3 Å². The zero-order valence-electron chi connectivity index (χ0n) is 28.9. The lowest BCUT2D eigenvalue weighted by atomic mass is 9.42. The van der Waals surface area contributed by atoms with Crippen molar-refractivity contribution in [2.75, 3.05) is 0 Å². The molecule has 9 heteroatoms. The average molecular weight is 635 g/mol. The summed E-state index contributed by atoms with van der Waals surface area (Å²) >= 11 is 0. The van der Waals surface area contributed by atoms with Gasteiger partial charge in [0.1, 0.15) is 23.4 Å². The Balaban J connectivity index is 1.50. The van der Waals surface area contributed by atoms with E-state index >= 15 is 0 Å². The van der Waals surface area contributed by atoms with E-state index in [1.54, 1.807) is 0 Å². The SMILES string of the molecule is CC(=O)O[C@@H]1CC2C3CC[C@H]([C@H](C)CC[C@H](C)C(C)(C)OC(C)=O)[C@@]3(C)CCC2[C@@]2(C)CC[C@H](OC(=O)CCC(=O)O)C[C@]12O. The van der Waals surface area contributed by atoms with E-state index in [-0.39, 0.29) is 42.5 Å². The van der Waals surface area contributed by atoms with Gasteiger partial charge < -0.3 is 24.4 Å². The van der Waals surface area contributed by atoms with Gasteiger partial charge in [-0.05, 0) is 106 Å². The molecule has 4 aliphatic carbocycles. The third kappa shape index (κ3) is 6.94. The third-order valence-electron chi connectivity index (χ3n) is 13.3. The smallest absolute Gasteiger partial charge is 0.306 e. The van der Waals surface area contributed by atoms with Gasteiger partial charge in [0.2, 0.25) is 0 Å². The molecule has 0 aromatic rings. The molecule has 45 heavy (non-hydrogen) atoms. The molecule has 4 aliphatic rings. The van der Waals surface area contributed by atoms with E-state index in [1.807, 2.05) is 13.8 Å². The standard InChI is InChI=1S/C36H58O9/c1-21(9-10-22(2)33(5,6)45-24(4)38)27-11-12-28-26-19-30(43-23(3)37)36(42)20-25(44-32(41)14-13-31(39)40)15-18-35(36,8)29(26)16-17-34(27,28)7/h21-22,25-30,42H,9-20H2,1-8H3,(H,39,40)/t21-,22+,25+,26?,27-,28?,29?,30-,34-,35-,36+/m1/s1. The first-order valence-electron chi connectivity index (χ1n) is 17.3. The molecule has 0 amide bonds. The summed E-state index contributed by atoms with van der Waals surface area (Å²) in [6, 6.07) is 0. The predicted octanol–water partition coefficient (Wildman–Crippen LogP) is 6.47. The van der Waals surface area contributed by atoms with E-state index < -0.39 is 46.7 Å². The quantitative estimate of drug-likeness (QED) is 0.193. The average Bonchev–Trinajstić information content (AvgIpc) is 3.28. The van der Waals surface area contributed by atoms with Gasteiger partial charge in [-0.25, -0.2) is 0 Å². The molecule has 2 N–H and O–H groups in total. The van der Waals surface area contributed by atoms with Gasteiger partial charge in [-0.15, -0.1) is 0 Å². The maximum atomic E-state index is 12.5. The largest absolute Gasteiger partial charge is 0.481 e. The first kappa shape index (κ1) is 35.7. The number of ether oxygens (including phenoxy) is 3. The lowest BCUT2D eigenvalue weighted by Crippen LogP contribution is -2.69. The molecule has 256 valence electrons. The van der Waals surface area contributed by atoms with E-state index in [4.69, 9.17) is 19.3 Å². The summed E-state index contributed by atoms with van der Waals surface area (Å²) < 4.78 is 17.2. The Morgan fingerprint density at radius 3 is 2.20 bits per heavy atom. The van der Waals surface area contributed by atoms with E-state index in [0.717, 1.165) is 32.1 Å². The second-order valence-corrected chi connectivity index (χ2v) is 16.2. The van der Waals surface area contributed by atoms with Crippen LogP contribution in [-0.2, 0) is 33.4 Å². The molecule has 0 aromatic heterocycles. The van der Waals surface area contributed by atoms with Gasteiger partial charge in [0, 0.05) is 25.7 Å². The van der Waals surface area contributed by atoms with Gasteiger partial charge in [-0.2, -0.15) is 0 Å². The Morgan fingerprint density at radius 1 is 0.889 bits per heavy atom. The van der Waals surface area contributed by atoms with Crippen molar-refractivity contribution in [1.82, 2.24) is 0 Å². The van der Waals surface area contributed by atoms with Crippen LogP contribution in [0.15, 0.2) is 0 Å². The summed E-state index contributed by atoms with van der Waals surface area (Å²) in [5, 5.41) is 21.4. The summed E-state index contributed by atoms with van der Waals surface area (Å²) in [5.41, 5.74) is -2.16. The second kappa shape index (κ2) is 13.2. The maximum absolute atomic E-state index is 12.5. The molecule has 4 fully saturated rings. The van der Waals surface area contributed by atoms with Crippen LogP contribution in [0.3, 0.4) is 0 Å². The fraction of sp³-hybridized carbons (Fsp3) is 0.889. The minimum atomic E-state index is -1.33. The van der Waals surface area contributed by atoms with Crippen LogP contribution in [0, 0.1) is 46.3 Å². The fourth-order valence-corrected chi connectivity index (χ4v) is 10.6. The number of hydrogen-bond acceptors (Lipinski definition) is 8. The summed E-state index contributed by atoms with van der Waals surface area (Å²) in [7, 11) is 0. The third-order valence-corrected chi connectivity index (χ3v) is 13.3. The Hall–Kier alpha value is -2.16. The van der Waals surface area contributed by atoms with Crippen molar-refractivity contribution in [2.45, 2.75) is 156 Å². The number of esters is 3. The Kier molecular flexibility index (Phi) is 10.4. The number of rotatable bonds is 11. The van der Waals surface area contributed by atoms with Crippen molar-refractivity contribution in [3.8, 4) is 0 Å². The molecule has 9 nitrogen and oxygen atoms in total. The minimum absolute atomic E-state index is 0.165. The van der Waals surface area contributed by atoms with Crippen molar-refractivity contribution >= 4 is 23.9 Å². The van der Waals surface area contributed by atoms with E-state index in [1.165, 1.54) is 20.3 Å². The van der Waals surface area contributed by atoms with Crippen molar-refractivity contribution in [2.24, 2.45) is 46.3 Å². The maximum Gasteiger partial charge on any atom is 0.306 e. The van der Waals surface area contributed by atoms with Crippen LogP contribution in [0.2, 0.25) is 0 Å². The lowest BCUT2D eigenvalue weighted by molar-refractivity contribution is -0.271. The molecular weight excluding hydrogens is 576 g/mol. The van der Waals surface area contributed by atoms with Gasteiger partial charge in [0.25, 0.3) is 0 Å². The van der Waals surface area contributed by atoms with Crippen molar-refractivity contribution in [3.63, 3.8) is 0 Å². The first-order valence-corrected chi connectivity index (χ1v) is 17.3. The summed E-state index contributed by atoms with van der Waals surface area (Å²) in [6.07, 6.45) is 6.77. The topological polar surface area (TPSA) is 136 Å². The number of aliphatic carboxylic acids is 1. The molecule has 0 aromatic carbocycles. The van der Waals surface area contributed by atoms with Crippen molar-refractivity contribution in [3.05, 3.63) is 0 Å². The molecule has 11 atom stereocenters. The highest BCUT2D eigenvalue weighted by Crippen LogP contribution is 2.69. The number of carboxylic acid groups (broad SMARTS) is 1. The second-order valence-electron chi connectivity index (χ2n) is 16.2. The van der Waals surface area contributed by atoms with Crippen molar-refractivity contribution in [1.29, 1.82) is 0 Å². The van der Waals surface area contributed by atoms with Crippen LogP contribution < -0.4 is 0 Å². The highest BCUT2D eigenvalue weighted by Gasteiger charge is 2.69. The molecule has 0 saturated heterocycles. The number of carbonyl (C=O) groups excluding carboxylic acids is 3. The van der Waals surface area contributed by atoms with Crippen LogP contribution in [0.25, 0.3) is 0 Å². The minimum Gasteiger partial charge on any atom is -0.481 e. The Bertz CT molecular complexity index is 1130. The van der Waals surface area contributed by atoms with Crippen LogP contribution in [0.4, 0.5) is 0 Å². The zero-order valence-corrected chi connectivity index (χ0v) is 28.9. The number of carboxylic acids is 1. The molecule has 0 spiro atoms. The van der Waals surface area contributed by atoms with Gasteiger partial charge in [0.15, 0.2) is 0 Å². The molecule has 0 heterocycles. The normalized spacial score (nSPS) is 39.0. The van der Waals surface area contributed by atoms with Crippen LogP contribution >= 0.6 is 0 Å². The summed E-state index contributed by atoms with van der Waals surface area (Å²) in [5.74, 6) is 0.137. The Morgan fingerprint density at radius 2 is 1.58 bits per heavy atom. The lowest BCUT2D eigenvalue weighted by Gasteiger charge is -2.65. The molecule has 0 aliphatic heterocycles. The predicted molar refractivity (Wildman–Crippen MR) is 168 cm³/mol. The first-order chi connectivity index (χ1) is 20.8. The van der Waals surface area contributed by atoms with E-state index in [2.05, 4.69) is 27.7 Å².